The third kappa shape index (κ3) is 3.95. The lowest BCUT2D eigenvalue weighted by Crippen LogP contribution is -2.30. The zero-order chi connectivity index (χ0) is 15.9. The second-order valence-corrected chi connectivity index (χ2v) is 5.38. The quantitative estimate of drug-likeness (QED) is 0.811. The van der Waals surface area contributed by atoms with E-state index < -0.39 is 0 Å². The summed E-state index contributed by atoms with van der Waals surface area (Å²) in [5.41, 5.74) is 4.12. The smallest absolute Gasteiger partial charge is 0.254 e. The lowest BCUT2D eigenvalue weighted by molar-refractivity contribution is 0.0752. The van der Waals surface area contributed by atoms with Crippen LogP contribution >= 0.6 is 0 Å². The molecule has 116 valence electrons. The molecule has 0 aliphatic rings. The van der Waals surface area contributed by atoms with Crippen LogP contribution in [0.1, 0.15) is 34.0 Å². The number of nitrogens with zero attached hydrogens (tertiary/aromatic N) is 1. The van der Waals surface area contributed by atoms with Crippen molar-refractivity contribution in [2.45, 2.75) is 27.0 Å². The van der Waals surface area contributed by atoms with Gasteiger partial charge in [-0.2, -0.15) is 0 Å². The van der Waals surface area contributed by atoms with Crippen molar-refractivity contribution < 1.29 is 9.53 Å². The SMILES string of the molecule is CCN(Cc1ccccc1C)C(=O)c1cccc(COC)c1. The molecule has 22 heavy (non-hydrogen) atoms. The molecule has 3 nitrogen and oxygen atoms in total. The molecule has 0 aromatic heterocycles. The van der Waals surface area contributed by atoms with E-state index in [1.807, 2.05) is 48.2 Å². The summed E-state index contributed by atoms with van der Waals surface area (Å²) in [6.45, 7) is 5.92. The normalized spacial score (nSPS) is 10.5. The fraction of sp³-hybridized carbons (Fsp3) is 0.316. The largest absolute Gasteiger partial charge is 0.380 e. The topological polar surface area (TPSA) is 29.5 Å². The van der Waals surface area contributed by atoms with Crippen LogP contribution in [-0.2, 0) is 17.9 Å². The Kier molecular flexibility index (Phi) is 5.73. The molecule has 0 fully saturated rings. The third-order valence-electron chi connectivity index (χ3n) is 3.78. The summed E-state index contributed by atoms with van der Waals surface area (Å²) < 4.78 is 5.14. The average molecular weight is 297 g/mol. The summed E-state index contributed by atoms with van der Waals surface area (Å²) in [6, 6.07) is 15.8. The maximum atomic E-state index is 12.7. The van der Waals surface area contributed by atoms with Gasteiger partial charge < -0.3 is 9.64 Å². The first kappa shape index (κ1) is 16.2. The van der Waals surface area contributed by atoms with Crippen LogP contribution in [-0.4, -0.2) is 24.5 Å². The standard InChI is InChI=1S/C19H23NO2/c1-4-20(13-18-10-6-5-8-15(18)2)19(21)17-11-7-9-16(12-17)14-22-3/h5-12H,4,13-14H2,1-3H3. The Balaban J connectivity index is 2.18. The van der Waals surface area contributed by atoms with Crippen molar-refractivity contribution in [3.05, 3.63) is 70.8 Å². The van der Waals surface area contributed by atoms with Crippen LogP contribution in [0, 0.1) is 6.92 Å². The second kappa shape index (κ2) is 7.76. The first-order chi connectivity index (χ1) is 10.7. The molecule has 0 saturated heterocycles. The highest BCUT2D eigenvalue weighted by Crippen LogP contribution is 2.14. The molecule has 0 aliphatic carbocycles. The number of ether oxygens (including phenoxy) is 1. The molecule has 3 heteroatoms. The summed E-state index contributed by atoms with van der Waals surface area (Å²) in [4.78, 5) is 14.6. The van der Waals surface area contributed by atoms with E-state index in [0.29, 0.717) is 25.3 Å². The molecule has 0 unspecified atom stereocenters. The lowest BCUT2D eigenvalue weighted by atomic mass is 10.1. The van der Waals surface area contributed by atoms with E-state index in [0.717, 1.165) is 5.56 Å². The minimum absolute atomic E-state index is 0.0590. The molecular weight excluding hydrogens is 274 g/mol. The fourth-order valence-corrected chi connectivity index (χ4v) is 2.46. The van der Waals surface area contributed by atoms with Crippen molar-refractivity contribution in [2.75, 3.05) is 13.7 Å². The third-order valence-corrected chi connectivity index (χ3v) is 3.78. The monoisotopic (exact) mass is 297 g/mol. The molecule has 0 saturated carbocycles. The van der Waals surface area contributed by atoms with Crippen LogP contribution in [0.4, 0.5) is 0 Å². The van der Waals surface area contributed by atoms with Crippen molar-refractivity contribution in [1.29, 1.82) is 0 Å². The van der Waals surface area contributed by atoms with Crippen LogP contribution in [0.2, 0.25) is 0 Å². The lowest BCUT2D eigenvalue weighted by Gasteiger charge is -2.22. The summed E-state index contributed by atoms with van der Waals surface area (Å²) in [6.07, 6.45) is 0. The van der Waals surface area contributed by atoms with E-state index in [-0.39, 0.29) is 5.91 Å². The van der Waals surface area contributed by atoms with Crippen LogP contribution in [0.3, 0.4) is 0 Å². The molecule has 2 aromatic rings. The number of amides is 1. The van der Waals surface area contributed by atoms with Gasteiger partial charge in [-0.05, 0) is 42.7 Å². The van der Waals surface area contributed by atoms with Crippen LogP contribution in [0.5, 0.6) is 0 Å². The molecule has 0 N–H and O–H groups in total. The molecule has 2 aromatic carbocycles. The molecule has 0 aliphatic heterocycles. The highest BCUT2D eigenvalue weighted by atomic mass is 16.5. The van der Waals surface area contributed by atoms with E-state index in [2.05, 4.69) is 19.1 Å². The fourth-order valence-electron chi connectivity index (χ4n) is 2.46. The van der Waals surface area contributed by atoms with E-state index in [1.165, 1.54) is 11.1 Å². The Morgan fingerprint density at radius 1 is 1.14 bits per heavy atom. The zero-order valence-electron chi connectivity index (χ0n) is 13.5. The molecule has 1 amide bonds. The Bertz CT molecular complexity index is 637. The van der Waals surface area contributed by atoms with Gasteiger partial charge in [-0.3, -0.25) is 4.79 Å². The minimum Gasteiger partial charge on any atom is -0.380 e. The van der Waals surface area contributed by atoms with E-state index in [1.54, 1.807) is 7.11 Å². The van der Waals surface area contributed by atoms with Crippen molar-refractivity contribution in [2.24, 2.45) is 0 Å². The van der Waals surface area contributed by atoms with Gasteiger partial charge in [-0.1, -0.05) is 36.4 Å². The van der Waals surface area contributed by atoms with Crippen molar-refractivity contribution >= 4 is 5.91 Å². The van der Waals surface area contributed by atoms with Crippen LogP contribution < -0.4 is 0 Å². The number of rotatable bonds is 6. The van der Waals surface area contributed by atoms with Crippen molar-refractivity contribution in [3.8, 4) is 0 Å². The number of carbonyl (C=O) groups excluding carboxylic acids is 1. The first-order valence-electron chi connectivity index (χ1n) is 7.57. The molecule has 0 bridgehead atoms. The van der Waals surface area contributed by atoms with Crippen molar-refractivity contribution in [3.63, 3.8) is 0 Å². The minimum atomic E-state index is 0.0590. The maximum Gasteiger partial charge on any atom is 0.254 e. The molecule has 2 rings (SSSR count). The van der Waals surface area contributed by atoms with Gasteiger partial charge in [-0.15, -0.1) is 0 Å². The highest BCUT2D eigenvalue weighted by molar-refractivity contribution is 5.94. The van der Waals surface area contributed by atoms with Gasteiger partial charge in [0.15, 0.2) is 0 Å². The predicted molar refractivity (Wildman–Crippen MR) is 88.7 cm³/mol. The van der Waals surface area contributed by atoms with Gasteiger partial charge in [0.05, 0.1) is 6.61 Å². The van der Waals surface area contributed by atoms with E-state index in [9.17, 15) is 4.79 Å². The number of benzene rings is 2. The maximum absolute atomic E-state index is 12.7. The number of methoxy groups -OCH3 is 1. The van der Waals surface area contributed by atoms with Gasteiger partial charge >= 0.3 is 0 Å². The Morgan fingerprint density at radius 3 is 2.59 bits per heavy atom. The number of carbonyl (C=O) groups is 1. The van der Waals surface area contributed by atoms with Gasteiger partial charge in [0.25, 0.3) is 5.91 Å². The molecule has 0 spiro atoms. The van der Waals surface area contributed by atoms with Crippen LogP contribution in [0.25, 0.3) is 0 Å². The molecular formula is C19H23NO2. The Morgan fingerprint density at radius 2 is 1.91 bits per heavy atom. The molecule has 0 heterocycles. The number of aryl methyl sites for hydroxylation is 1. The van der Waals surface area contributed by atoms with E-state index in [4.69, 9.17) is 4.74 Å². The average Bonchev–Trinajstić information content (AvgIpc) is 2.54. The molecule has 0 atom stereocenters. The first-order valence-corrected chi connectivity index (χ1v) is 7.57. The predicted octanol–water partition coefficient (Wildman–Crippen LogP) is 3.80. The number of hydrogen-bond acceptors (Lipinski definition) is 2. The Labute approximate surface area is 132 Å². The summed E-state index contributed by atoms with van der Waals surface area (Å²) in [7, 11) is 1.66. The zero-order valence-corrected chi connectivity index (χ0v) is 13.5. The van der Waals surface area contributed by atoms with Gasteiger partial charge in [0.1, 0.15) is 0 Å². The number of hydrogen-bond donors (Lipinski definition) is 0. The summed E-state index contributed by atoms with van der Waals surface area (Å²) in [5.74, 6) is 0.0590. The van der Waals surface area contributed by atoms with Crippen molar-refractivity contribution in [1.82, 2.24) is 4.90 Å². The van der Waals surface area contributed by atoms with Gasteiger partial charge in [0, 0.05) is 25.8 Å². The van der Waals surface area contributed by atoms with E-state index >= 15 is 0 Å². The Hall–Kier alpha value is -2.13. The summed E-state index contributed by atoms with van der Waals surface area (Å²) in [5, 5.41) is 0. The second-order valence-electron chi connectivity index (χ2n) is 5.38. The molecule has 0 radical (unpaired) electrons. The van der Waals surface area contributed by atoms with Gasteiger partial charge in [-0.25, -0.2) is 0 Å². The highest BCUT2D eigenvalue weighted by Gasteiger charge is 2.15. The van der Waals surface area contributed by atoms with Gasteiger partial charge in [0.2, 0.25) is 0 Å². The van der Waals surface area contributed by atoms with Crippen LogP contribution in [0.15, 0.2) is 48.5 Å². The summed E-state index contributed by atoms with van der Waals surface area (Å²) >= 11 is 0.